The lowest BCUT2D eigenvalue weighted by Gasteiger charge is -2.08. The number of aromatic nitrogens is 2. The van der Waals surface area contributed by atoms with Gasteiger partial charge in [0, 0.05) is 11.6 Å². The normalized spacial score (nSPS) is 10.3. The van der Waals surface area contributed by atoms with Crippen LogP contribution in [0.25, 0.3) is 0 Å². The van der Waals surface area contributed by atoms with Crippen molar-refractivity contribution in [2.24, 2.45) is 0 Å². The van der Waals surface area contributed by atoms with Crippen molar-refractivity contribution in [2.75, 3.05) is 17.7 Å². The first-order chi connectivity index (χ1) is 14.6. The molecule has 0 unspecified atom stereocenters. The molecule has 3 aromatic rings. The molecule has 1 aromatic heterocycles. The van der Waals surface area contributed by atoms with Gasteiger partial charge in [-0.1, -0.05) is 65.0 Å². The summed E-state index contributed by atoms with van der Waals surface area (Å²) < 4.78 is 5.94. The number of halogens is 1. The second kappa shape index (κ2) is 11.4. The maximum absolute atomic E-state index is 11.9. The fourth-order valence-corrected chi connectivity index (χ4v) is 3.81. The lowest BCUT2D eigenvalue weighted by Crippen LogP contribution is -2.44. The summed E-state index contributed by atoms with van der Waals surface area (Å²) in [6, 6.07) is 16.5. The Morgan fingerprint density at radius 1 is 1.00 bits per heavy atom. The SMILES string of the molecule is O=C(COc1ccc(Cl)cc1)NNC(=O)CSc1nnc(NCc2ccccc2)s1. The van der Waals surface area contributed by atoms with E-state index < -0.39 is 5.91 Å². The zero-order valence-electron chi connectivity index (χ0n) is 15.6. The summed E-state index contributed by atoms with van der Waals surface area (Å²) in [5.74, 6) is -0.254. The fourth-order valence-electron chi connectivity index (χ4n) is 2.13. The van der Waals surface area contributed by atoms with Crippen LogP contribution in [0.4, 0.5) is 5.13 Å². The van der Waals surface area contributed by atoms with Gasteiger partial charge in [0.15, 0.2) is 10.9 Å². The van der Waals surface area contributed by atoms with E-state index in [9.17, 15) is 9.59 Å². The number of amides is 2. The zero-order valence-corrected chi connectivity index (χ0v) is 18.0. The Labute approximate surface area is 186 Å². The third kappa shape index (κ3) is 7.54. The van der Waals surface area contributed by atoms with E-state index in [4.69, 9.17) is 16.3 Å². The van der Waals surface area contributed by atoms with Crippen LogP contribution in [-0.4, -0.2) is 34.4 Å². The molecule has 30 heavy (non-hydrogen) atoms. The Balaban J connectivity index is 1.32. The molecule has 0 saturated heterocycles. The molecule has 0 aliphatic rings. The summed E-state index contributed by atoms with van der Waals surface area (Å²) in [5, 5.41) is 12.5. The highest BCUT2D eigenvalue weighted by molar-refractivity contribution is 8.01. The quantitative estimate of drug-likeness (QED) is 0.330. The highest BCUT2D eigenvalue weighted by atomic mass is 35.5. The Morgan fingerprint density at radius 2 is 1.73 bits per heavy atom. The van der Waals surface area contributed by atoms with Crippen LogP contribution in [0, 0.1) is 0 Å². The molecule has 1 heterocycles. The van der Waals surface area contributed by atoms with Gasteiger partial charge in [-0.3, -0.25) is 20.4 Å². The molecule has 3 N–H and O–H groups in total. The summed E-state index contributed by atoms with van der Waals surface area (Å²) >= 11 is 8.37. The summed E-state index contributed by atoms with van der Waals surface area (Å²) in [6.07, 6.45) is 0. The van der Waals surface area contributed by atoms with E-state index in [0.717, 1.165) is 5.56 Å². The minimum Gasteiger partial charge on any atom is -0.484 e. The van der Waals surface area contributed by atoms with Crippen molar-refractivity contribution in [3.8, 4) is 5.75 Å². The van der Waals surface area contributed by atoms with E-state index in [1.54, 1.807) is 24.3 Å². The molecule has 8 nitrogen and oxygen atoms in total. The molecule has 0 atom stereocenters. The van der Waals surface area contributed by atoms with E-state index >= 15 is 0 Å². The second-order valence-corrected chi connectivity index (χ2v) is 8.48. The second-order valence-electron chi connectivity index (χ2n) is 5.84. The van der Waals surface area contributed by atoms with E-state index in [0.29, 0.717) is 26.8 Å². The maximum Gasteiger partial charge on any atom is 0.276 e. The van der Waals surface area contributed by atoms with Gasteiger partial charge in [0.25, 0.3) is 5.91 Å². The van der Waals surface area contributed by atoms with Crippen molar-refractivity contribution in [2.45, 2.75) is 10.9 Å². The molecule has 3 rings (SSSR count). The van der Waals surface area contributed by atoms with Gasteiger partial charge in [-0.2, -0.15) is 0 Å². The van der Waals surface area contributed by atoms with E-state index in [2.05, 4.69) is 26.4 Å². The molecule has 2 amide bonds. The number of thioether (sulfide) groups is 1. The number of hydrogen-bond acceptors (Lipinski definition) is 8. The van der Waals surface area contributed by atoms with Crippen LogP contribution in [0.2, 0.25) is 5.02 Å². The van der Waals surface area contributed by atoms with E-state index in [1.807, 2.05) is 30.3 Å². The lowest BCUT2D eigenvalue weighted by atomic mass is 10.2. The van der Waals surface area contributed by atoms with Crippen molar-refractivity contribution < 1.29 is 14.3 Å². The number of hydrogen-bond donors (Lipinski definition) is 3. The van der Waals surface area contributed by atoms with E-state index in [-0.39, 0.29) is 18.3 Å². The smallest absolute Gasteiger partial charge is 0.276 e. The number of ether oxygens (including phenoxy) is 1. The Kier molecular flexibility index (Phi) is 8.30. The molecule has 0 radical (unpaired) electrons. The zero-order chi connectivity index (χ0) is 21.2. The van der Waals surface area contributed by atoms with Crippen LogP contribution in [0.15, 0.2) is 58.9 Å². The minimum atomic E-state index is -0.480. The third-order valence-corrected chi connectivity index (χ3v) is 5.81. The molecule has 0 aliphatic carbocycles. The molecule has 0 fully saturated rings. The summed E-state index contributed by atoms with van der Waals surface area (Å²) in [6.45, 7) is 0.409. The van der Waals surface area contributed by atoms with Gasteiger partial charge in [-0.15, -0.1) is 10.2 Å². The first kappa shape index (κ1) is 21.9. The predicted molar refractivity (Wildman–Crippen MR) is 118 cm³/mol. The molecular formula is C19H18ClN5O3S2. The van der Waals surface area contributed by atoms with Crippen LogP contribution in [-0.2, 0) is 16.1 Å². The molecular weight excluding hydrogens is 446 g/mol. The number of nitrogens with one attached hydrogen (secondary N) is 3. The molecule has 0 saturated carbocycles. The highest BCUT2D eigenvalue weighted by Gasteiger charge is 2.10. The monoisotopic (exact) mass is 463 g/mol. The number of carbonyl (C=O) groups is 2. The Bertz CT molecular complexity index is 970. The first-order valence-corrected chi connectivity index (χ1v) is 11.0. The maximum atomic E-state index is 11.9. The Morgan fingerprint density at radius 3 is 2.50 bits per heavy atom. The van der Waals surface area contributed by atoms with Crippen LogP contribution in [0.5, 0.6) is 5.75 Å². The first-order valence-electron chi connectivity index (χ1n) is 8.78. The van der Waals surface area contributed by atoms with Crippen LogP contribution in [0.1, 0.15) is 5.56 Å². The van der Waals surface area contributed by atoms with Gasteiger partial charge in [-0.05, 0) is 29.8 Å². The van der Waals surface area contributed by atoms with Crippen molar-refractivity contribution in [3.05, 3.63) is 65.2 Å². The van der Waals surface area contributed by atoms with Gasteiger partial charge >= 0.3 is 0 Å². The van der Waals surface area contributed by atoms with Gasteiger partial charge in [0.1, 0.15) is 5.75 Å². The number of benzene rings is 2. The average Bonchev–Trinajstić information content (AvgIpc) is 3.23. The topological polar surface area (TPSA) is 105 Å². The summed E-state index contributed by atoms with van der Waals surface area (Å²) in [5.41, 5.74) is 5.76. The number of rotatable bonds is 9. The van der Waals surface area contributed by atoms with Crippen LogP contribution in [0.3, 0.4) is 0 Å². The highest BCUT2D eigenvalue weighted by Crippen LogP contribution is 2.25. The molecule has 2 aromatic carbocycles. The van der Waals surface area contributed by atoms with E-state index in [1.165, 1.54) is 23.1 Å². The standard InChI is InChI=1S/C19H18ClN5O3S2/c20-14-6-8-15(9-7-14)28-11-16(26)22-23-17(27)12-29-19-25-24-18(30-19)21-10-13-4-2-1-3-5-13/h1-9H,10-12H2,(H,21,24)(H,22,26)(H,23,27). The van der Waals surface area contributed by atoms with Gasteiger partial charge in [-0.25, -0.2) is 0 Å². The molecule has 11 heteroatoms. The van der Waals surface area contributed by atoms with Crippen molar-refractivity contribution in [3.63, 3.8) is 0 Å². The number of anilines is 1. The summed E-state index contributed by atoms with van der Waals surface area (Å²) in [7, 11) is 0. The Hall–Kier alpha value is -2.82. The predicted octanol–water partition coefficient (Wildman–Crippen LogP) is 3.12. The molecule has 0 aliphatic heterocycles. The van der Waals surface area contributed by atoms with Crippen molar-refractivity contribution >= 4 is 51.6 Å². The van der Waals surface area contributed by atoms with Crippen LogP contribution < -0.4 is 20.9 Å². The molecule has 0 bridgehead atoms. The lowest BCUT2D eigenvalue weighted by molar-refractivity contribution is -0.128. The summed E-state index contributed by atoms with van der Waals surface area (Å²) in [4.78, 5) is 23.6. The molecule has 156 valence electrons. The third-order valence-electron chi connectivity index (χ3n) is 3.54. The van der Waals surface area contributed by atoms with Crippen molar-refractivity contribution in [1.29, 1.82) is 0 Å². The van der Waals surface area contributed by atoms with Gasteiger partial charge in [0.05, 0.1) is 5.75 Å². The fraction of sp³-hybridized carbons (Fsp3) is 0.158. The largest absolute Gasteiger partial charge is 0.484 e. The number of hydrazine groups is 1. The molecule has 0 spiro atoms. The average molecular weight is 464 g/mol. The minimum absolute atomic E-state index is 0.0889. The number of nitrogens with zero attached hydrogens (tertiary/aromatic N) is 2. The van der Waals surface area contributed by atoms with Crippen molar-refractivity contribution in [1.82, 2.24) is 21.0 Å². The van der Waals surface area contributed by atoms with Gasteiger partial charge < -0.3 is 10.1 Å². The van der Waals surface area contributed by atoms with Gasteiger partial charge in [0.2, 0.25) is 11.0 Å². The van der Waals surface area contributed by atoms with Crippen LogP contribution >= 0.6 is 34.7 Å². The number of carbonyl (C=O) groups excluding carboxylic acids is 2.